The highest BCUT2D eigenvalue weighted by Gasteiger charge is 2.24. The maximum absolute atomic E-state index is 5.78. The van der Waals surface area contributed by atoms with Crippen LogP contribution < -0.4 is 0 Å². The molecule has 0 spiro atoms. The lowest BCUT2D eigenvalue weighted by molar-refractivity contribution is 0.156. The molecule has 3 heteroatoms. The molecule has 0 aromatic rings. The predicted octanol–water partition coefficient (Wildman–Crippen LogP) is 0.729. The largest absolute Gasteiger partial charge is 0.315 e. The van der Waals surface area contributed by atoms with Gasteiger partial charge in [-0.15, -0.1) is 0 Å². The van der Waals surface area contributed by atoms with Crippen LogP contribution in [0.15, 0.2) is 0 Å². The van der Waals surface area contributed by atoms with Crippen LogP contribution in [0.1, 0.15) is 26.7 Å². The van der Waals surface area contributed by atoms with Crippen LogP contribution in [0.5, 0.6) is 0 Å². The van der Waals surface area contributed by atoms with Gasteiger partial charge in [-0.05, 0) is 31.8 Å². The van der Waals surface area contributed by atoms with Crippen LogP contribution in [-0.4, -0.2) is 39.0 Å². The maximum atomic E-state index is 5.78. The Balaban J connectivity index is 2.46. The average molecular weight is 147 g/mol. The van der Waals surface area contributed by atoms with Crippen molar-refractivity contribution >= 4 is 15.7 Å². The Labute approximate surface area is 72.4 Å². The molecular weight excluding hydrogens is 132 g/mol. The van der Waals surface area contributed by atoms with Crippen molar-refractivity contribution in [2.45, 2.75) is 32.0 Å². The SMILES string of the molecule is [B]C([B])(C)N1CCCC(C)C1. The molecule has 0 N–H and O–H groups in total. The topological polar surface area (TPSA) is 3.24 Å². The fourth-order valence-corrected chi connectivity index (χ4v) is 1.63. The Morgan fingerprint density at radius 3 is 2.45 bits per heavy atom. The number of likely N-dealkylation sites (tertiary alicyclic amines) is 1. The highest BCUT2D eigenvalue weighted by atomic mass is 15.2. The molecule has 0 amide bonds. The van der Waals surface area contributed by atoms with Gasteiger partial charge >= 0.3 is 0 Å². The summed E-state index contributed by atoms with van der Waals surface area (Å²) in [5.74, 6) is 0.746. The lowest BCUT2D eigenvalue weighted by Gasteiger charge is -2.41. The van der Waals surface area contributed by atoms with Crippen molar-refractivity contribution in [1.82, 2.24) is 4.90 Å². The van der Waals surface area contributed by atoms with Crippen molar-refractivity contribution in [1.29, 1.82) is 0 Å². The van der Waals surface area contributed by atoms with Crippen molar-refractivity contribution in [2.75, 3.05) is 13.1 Å². The number of piperidine rings is 1. The van der Waals surface area contributed by atoms with Gasteiger partial charge in [-0.1, -0.05) is 19.2 Å². The van der Waals surface area contributed by atoms with Crippen LogP contribution in [0.4, 0.5) is 0 Å². The monoisotopic (exact) mass is 147 g/mol. The third kappa shape index (κ3) is 2.55. The van der Waals surface area contributed by atoms with E-state index in [1.54, 1.807) is 0 Å². The molecule has 0 aromatic carbocycles. The summed E-state index contributed by atoms with van der Waals surface area (Å²) in [5.41, 5.74) is 0. The normalized spacial score (nSPS) is 28.7. The van der Waals surface area contributed by atoms with Crippen LogP contribution in [0, 0.1) is 5.92 Å². The molecule has 1 saturated heterocycles. The Hall–Kier alpha value is 0.0899. The summed E-state index contributed by atoms with van der Waals surface area (Å²) < 4.78 is 0. The molecule has 0 bridgehead atoms. The van der Waals surface area contributed by atoms with Crippen molar-refractivity contribution in [3.8, 4) is 0 Å². The minimum Gasteiger partial charge on any atom is -0.315 e. The van der Waals surface area contributed by atoms with E-state index in [2.05, 4.69) is 11.8 Å². The van der Waals surface area contributed by atoms with Gasteiger partial charge in [0.1, 0.15) is 0 Å². The first kappa shape index (κ1) is 9.18. The van der Waals surface area contributed by atoms with E-state index in [1.807, 2.05) is 6.92 Å². The van der Waals surface area contributed by atoms with Gasteiger partial charge in [-0.2, -0.15) is 0 Å². The number of nitrogens with zero attached hydrogens (tertiary/aromatic N) is 1. The van der Waals surface area contributed by atoms with Gasteiger partial charge in [-0.25, -0.2) is 0 Å². The van der Waals surface area contributed by atoms with Gasteiger partial charge in [0.15, 0.2) is 0 Å². The first-order valence-corrected chi connectivity index (χ1v) is 4.33. The predicted molar refractivity (Wildman–Crippen MR) is 49.9 cm³/mol. The standard InChI is InChI=1S/C8H15B2N/c1-7-4-3-5-11(6-7)8(2,9)10/h7H,3-6H2,1-2H3. The summed E-state index contributed by atoms with van der Waals surface area (Å²) in [6, 6.07) is 0. The molecule has 1 unspecified atom stereocenters. The zero-order chi connectivity index (χ0) is 8.48. The molecule has 1 fully saturated rings. The molecule has 0 aromatic heterocycles. The Kier molecular flexibility index (Phi) is 2.69. The Morgan fingerprint density at radius 2 is 2.09 bits per heavy atom. The van der Waals surface area contributed by atoms with Gasteiger partial charge in [0, 0.05) is 0 Å². The van der Waals surface area contributed by atoms with Crippen LogP contribution >= 0.6 is 0 Å². The van der Waals surface area contributed by atoms with E-state index in [0.29, 0.717) is 0 Å². The van der Waals surface area contributed by atoms with Crippen molar-refractivity contribution in [3.05, 3.63) is 0 Å². The highest BCUT2D eigenvalue weighted by molar-refractivity contribution is 6.39. The highest BCUT2D eigenvalue weighted by Crippen LogP contribution is 2.19. The summed E-state index contributed by atoms with van der Waals surface area (Å²) in [4.78, 5) is 2.15. The summed E-state index contributed by atoms with van der Waals surface area (Å²) in [6.07, 6.45) is 2.54. The van der Waals surface area contributed by atoms with E-state index in [4.69, 9.17) is 15.7 Å². The summed E-state index contributed by atoms with van der Waals surface area (Å²) >= 11 is 0. The van der Waals surface area contributed by atoms with Crippen LogP contribution in [0.3, 0.4) is 0 Å². The van der Waals surface area contributed by atoms with Crippen molar-refractivity contribution in [3.63, 3.8) is 0 Å². The summed E-state index contributed by atoms with van der Waals surface area (Å²) in [7, 11) is 11.6. The first-order valence-electron chi connectivity index (χ1n) is 4.33. The van der Waals surface area contributed by atoms with Gasteiger partial charge in [0.2, 0.25) is 0 Å². The smallest absolute Gasteiger partial charge is 0.0820 e. The van der Waals surface area contributed by atoms with E-state index >= 15 is 0 Å². The molecule has 58 valence electrons. The molecule has 11 heavy (non-hydrogen) atoms. The van der Waals surface area contributed by atoms with E-state index in [1.165, 1.54) is 12.8 Å². The molecule has 0 aliphatic carbocycles. The van der Waals surface area contributed by atoms with E-state index in [0.717, 1.165) is 19.0 Å². The molecular formula is C8H15B2N. The van der Waals surface area contributed by atoms with Crippen molar-refractivity contribution in [2.24, 2.45) is 5.92 Å². The number of rotatable bonds is 1. The van der Waals surface area contributed by atoms with Crippen LogP contribution in [0.2, 0.25) is 0 Å². The molecule has 1 atom stereocenters. The minimum atomic E-state index is -0.616. The second-order valence-electron chi connectivity index (χ2n) is 3.92. The fourth-order valence-electron chi connectivity index (χ4n) is 1.63. The third-order valence-corrected chi connectivity index (χ3v) is 2.34. The second kappa shape index (κ2) is 3.22. The zero-order valence-corrected chi connectivity index (χ0v) is 7.51. The maximum Gasteiger partial charge on any atom is 0.0820 e. The molecule has 1 aliphatic rings. The van der Waals surface area contributed by atoms with Gasteiger partial charge in [0.25, 0.3) is 0 Å². The molecule has 4 radical (unpaired) electrons. The number of hydrogen-bond acceptors (Lipinski definition) is 1. The lowest BCUT2D eigenvalue weighted by atomic mass is 9.61. The van der Waals surface area contributed by atoms with Gasteiger partial charge < -0.3 is 4.90 Å². The Morgan fingerprint density at radius 1 is 1.45 bits per heavy atom. The van der Waals surface area contributed by atoms with Gasteiger partial charge in [-0.3, -0.25) is 0 Å². The summed E-state index contributed by atoms with van der Waals surface area (Å²) in [6.45, 7) is 6.21. The van der Waals surface area contributed by atoms with Crippen molar-refractivity contribution < 1.29 is 0 Å². The number of hydrogen-bond donors (Lipinski definition) is 0. The molecule has 1 heterocycles. The Bertz CT molecular complexity index is 131. The average Bonchev–Trinajstić information content (AvgIpc) is 1.86. The molecule has 1 rings (SSSR count). The van der Waals surface area contributed by atoms with E-state index < -0.39 is 5.34 Å². The summed E-state index contributed by atoms with van der Waals surface area (Å²) in [5, 5.41) is -0.616. The first-order chi connectivity index (χ1) is 5.00. The fraction of sp³-hybridized carbons (Fsp3) is 1.00. The molecule has 1 nitrogen and oxygen atoms in total. The van der Waals surface area contributed by atoms with E-state index in [9.17, 15) is 0 Å². The van der Waals surface area contributed by atoms with Crippen LogP contribution in [-0.2, 0) is 0 Å². The van der Waals surface area contributed by atoms with E-state index in [-0.39, 0.29) is 0 Å². The van der Waals surface area contributed by atoms with Gasteiger partial charge in [0.05, 0.1) is 15.7 Å². The third-order valence-electron chi connectivity index (χ3n) is 2.34. The quantitative estimate of drug-likeness (QED) is 0.494. The molecule has 0 saturated carbocycles. The zero-order valence-electron chi connectivity index (χ0n) is 7.51. The second-order valence-corrected chi connectivity index (χ2v) is 3.92. The lowest BCUT2D eigenvalue weighted by Crippen LogP contribution is -2.51. The van der Waals surface area contributed by atoms with Crippen LogP contribution in [0.25, 0.3) is 0 Å². The molecule has 1 aliphatic heterocycles. The minimum absolute atomic E-state index is 0.616.